The van der Waals surface area contributed by atoms with Crippen LogP contribution in [0, 0.1) is 5.82 Å². The molecule has 33 heavy (non-hydrogen) atoms. The van der Waals surface area contributed by atoms with E-state index in [0.717, 1.165) is 11.1 Å². The van der Waals surface area contributed by atoms with Crippen molar-refractivity contribution in [1.29, 1.82) is 0 Å². The van der Waals surface area contributed by atoms with E-state index in [1.807, 2.05) is 54.8 Å². The molecule has 4 aromatic rings. The minimum absolute atomic E-state index is 0.168. The van der Waals surface area contributed by atoms with Gasteiger partial charge in [-0.3, -0.25) is 9.36 Å². The molecule has 0 aliphatic heterocycles. The summed E-state index contributed by atoms with van der Waals surface area (Å²) >= 11 is 1.50. The highest BCUT2D eigenvalue weighted by Gasteiger charge is 2.26. The SMILES string of the molecule is CCOc1ccccc1NC(=O)C(CC)n1c(SCc2ccc(F)cc2)nc2cccnc21. The van der Waals surface area contributed by atoms with Crippen molar-refractivity contribution in [3.05, 3.63) is 78.2 Å². The fourth-order valence-electron chi connectivity index (χ4n) is 3.57. The molecule has 0 aliphatic carbocycles. The number of rotatable bonds is 9. The molecule has 0 spiro atoms. The van der Waals surface area contributed by atoms with Crippen LogP contribution in [0.15, 0.2) is 72.0 Å². The quantitative estimate of drug-likeness (QED) is 0.315. The van der Waals surface area contributed by atoms with Crippen molar-refractivity contribution in [2.24, 2.45) is 0 Å². The van der Waals surface area contributed by atoms with E-state index in [1.54, 1.807) is 18.3 Å². The molecule has 1 amide bonds. The minimum Gasteiger partial charge on any atom is -0.492 e. The second-order valence-corrected chi connectivity index (χ2v) is 8.31. The molecule has 1 N–H and O–H groups in total. The molecule has 2 aromatic heterocycles. The Bertz CT molecular complexity index is 1240. The van der Waals surface area contributed by atoms with Crippen LogP contribution in [0.1, 0.15) is 31.9 Å². The Hall–Kier alpha value is -3.39. The third-order valence-corrected chi connectivity index (χ3v) is 6.17. The second kappa shape index (κ2) is 10.5. The van der Waals surface area contributed by atoms with Crippen LogP contribution in [0.2, 0.25) is 0 Å². The van der Waals surface area contributed by atoms with Gasteiger partial charge in [0.2, 0.25) is 5.91 Å². The van der Waals surface area contributed by atoms with Crippen molar-refractivity contribution in [3.63, 3.8) is 0 Å². The number of thioether (sulfide) groups is 1. The third kappa shape index (κ3) is 5.17. The molecular formula is C25H25FN4O2S. The lowest BCUT2D eigenvalue weighted by atomic mass is 10.2. The maximum absolute atomic E-state index is 13.4. The average Bonchev–Trinajstić information content (AvgIpc) is 3.19. The predicted molar refractivity (Wildman–Crippen MR) is 129 cm³/mol. The molecule has 0 aliphatic rings. The van der Waals surface area contributed by atoms with Gasteiger partial charge in [-0.1, -0.05) is 43.0 Å². The molecule has 0 fully saturated rings. The normalized spacial score (nSPS) is 12.0. The van der Waals surface area contributed by atoms with Gasteiger partial charge in [0.1, 0.15) is 23.1 Å². The van der Waals surface area contributed by atoms with E-state index in [9.17, 15) is 9.18 Å². The number of imidazole rings is 1. The van der Waals surface area contributed by atoms with Gasteiger partial charge in [0.25, 0.3) is 0 Å². The highest BCUT2D eigenvalue weighted by Crippen LogP contribution is 2.32. The minimum atomic E-state index is -0.518. The van der Waals surface area contributed by atoms with Gasteiger partial charge in [0, 0.05) is 11.9 Å². The summed E-state index contributed by atoms with van der Waals surface area (Å²) in [4.78, 5) is 22.7. The largest absolute Gasteiger partial charge is 0.492 e. The molecule has 1 unspecified atom stereocenters. The molecule has 0 radical (unpaired) electrons. The van der Waals surface area contributed by atoms with Gasteiger partial charge < -0.3 is 10.1 Å². The number of hydrogen-bond donors (Lipinski definition) is 1. The van der Waals surface area contributed by atoms with E-state index < -0.39 is 6.04 Å². The number of anilines is 1. The van der Waals surface area contributed by atoms with E-state index in [0.29, 0.717) is 41.0 Å². The fraction of sp³-hybridized carbons (Fsp3) is 0.240. The van der Waals surface area contributed by atoms with Gasteiger partial charge in [-0.05, 0) is 55.3 Å². The zero-order valence-electron chi connectivity index (χ0n) is 18.5. The number of fused-ring (bicyclic) bond motifs is 1. The summed E-state index contributed by atoms with van der Waals surface area (Å²) in [6, 6.07) is 17.0. The molecule has 2 aromatic carbocycles. The van der Waals surface area contributed by atoms with Crippen LogP contribution in [-0.2, 0) is 10.5 Å². The van der Waals surface area contributed by atoms with Crippen molar-refractivity contribution in [2.45, 2.75) is 37.2 Å². The number of carbonyl (C=O) groups excluding carboxylic acids is 1. The van der Waals surface area contributed by atoms with Crippen molar-refractivity contribution >= 4 is 34.5 Å². The Kier molecular flexibility index (Phi) is 7.24. The number of pyridine rings is 1. The van der Waals surface area contributed by atoms with Crippen molar-refractivity contribution in [1.82, 2.24) is 14.5 Å². The van der Waals surface area contributed by atoms with E-state index in [1.165, 1.54) is 23.9 Å². The first kappa shape index (κ1) is 22.8. The Morgan fingerprint density at radius 2 is 1.91 bits per heavy atom. The number of halogens is 1. The lowest BCUT2D eigenvalue weighted by Crippen LogP contribution is -2.26. The summed E-state index contributed by atoms with van der Waals surface area (Å²) in [5.74, 6) is 0.783. The summed E-state index contributed by atoms with van der Waals surface area (Å²) in [5, 5.41) is 3.70. The fourth-order valence-corrected chi connectivity index (χ4v) is 4.58. The van der Waals surface area contributed by atoms with E-state index in [4.69, 9.17) is 9.72 Å². The Morgan fingerprint density at radius 3 is 2.67 bits per heavy atom. The smallest absolute Gasteiger partial charge is 0.247 e. The number of benzene rings is 2. The summed E-state index contributed by atoms with van der Waals surface area (Å²) in [5.41, 5.74) is 2.97. The van der Waals surface area contributed by atoms with Gasteiger partial charge in [-0.2, -0.15) is 0 Å². The number of hydrogen-bond acceptors (Lipinski definition) is 5. The number of carbonyl (C=O) groups is 1. The van der Waals surface area contributed by atoms with E-state index in [-0.39, 0.29) is 11.7 Å². The topological polar surface area (TPSA) is 69.0 Å². The number of ether oxygens (including phenoxy) is 1. The Balaban J connectivity index is 1.65. The zero-order valence-corrected chi connectivity index (χ0v) is 19.3. The summed E-state index contributed by atoms with van der Waals surface area (Å²) < 4.78 is 20.8. The molecule has 0 saturated carbocycles. The van der Waals surface area contributed by atoms with Crippen molar-refractivity contribution in [3.8, 4) is 5.75 Å². The first-order chi connectivity index (χ1) is 16.1. The lowest BCUT2D eigenvalue weighted by Gasteiger charge is -2.20. The third-order valence-electron chi connectivity index (χ3n) is 5.14. The summed E-state index contributed by atoms with van der Waals surface area (Å²) in [7, 11) is 0. The molecule has 2 heterocycles. The molecular weight excluding hydrogens is 439 g/mol. The number of para-hydroxylation sites is 2. The molecule has 6 nitrogen and oxygen atoms in total. The summed E-state index contributed by atoms with van der Waals surface area (Å²) in [6.45, 7) is 4.37. The van der Waals surface area contributed by atoms with Crippen molar-refractivity contribution < 1.29 is 13.9 Å². The molecule has 170 valence electrons. The highest BCUT2D eigenvalue weighted by atomic mass is 32.2. The maximum Gasteiger partial charge on any atom is 0.247 e. The number of amides is 1. The van der Waals surface area contributed by atoms with Crippen LogP contribution in [0.3, 0.4) is 0 Å². The van der Waals surface area contributed by atoms with E-state index >= 15 is 0 Å². The molecule has 0 saturated heterocycles. The highest BCUT2D eigenvalue weighted by molar-refractivity contribution is 7.98. The van der Waals surface area contributed by atoms with Gasteiger partial charge in [-0.15, -0.1) is 0 Å². The second-order valence-electron chi connectivity index (χ2n) is 7.37. The lowest BCUT2D eigenvalue weighted by molar-refractivity contribution is -0.119. The van der Waals surface area contributed by atoms with Crippen LogP contribution in [0.4, 0.5) is 10.1 Å². The first-order valence-electron chi connectivity index (χ1n) is 10.8. The van der Waals surface area contributed by atoms with Gasteiger partial charge in [0.15, 0.2) is 10.8 Å². The van der Waals surface area contributed by atoms with E-state index in [2.05, 4.69) is 10.3 Å². The number of nitrogens with one attached hydrogen (secondary N) is 1. The average molecular weight is 465 g/mol. The van der Waals surface area contributed by atoms with Crippen molar-refractivity contribution in [2.75, 3.05) is 11.9 Å². The van der Waals surface area contributed by atoms with Crippen LogP contribution in [0.25, 0.3) is 11.2 Å². The number of nitrogens with zero attached hydrogens (tertiary/aromatic N) is 3. The Labute approximate surface area is 196 Å². The molecule has 1 atom stereocenters. The van der Waals surface area contributed by atoms with Crippen LogP contribution in [-0.4, -0.2) is 27.0 Å². The standard InChI is InChI=1S/C25H25FN4O2S/c1-3-21(24(31)28-19-8-5-6-10-22(19)32-4-2)30-23-20(9-7-15-27-23)29-25(30)33-16-17-11-13-18(26)14-12-17/h5-15,21H,3-4,16H2,1-2H3,(H,28,31). The van der Waals surface area contributed by atoms with Crippen LogP contribution in [0.5, 0.6) is 5.75 Å². The van der Waals surface area contributed by atoms with Crippen LogP contribution < -0.4 is 10.1 Å². The summed E-state index contributed by atoms with van der Waals surface area (Å²) in [6.07, 6.45) is 2.25. The molecule has 0 bridgehead atoms. The van der Waals surface area contributed by atoms with Crippen LogP contribution >= 0.6 is 11.8 Å². The van der Waals surface area contributed by atoms with Gasteiger partial charge >= 0.3 is 0 Å². The zero-order chi connectivity index (χ0) is 23.2. The predicted octanol–water partition coefficient (Wildman–Crippen LogP) is 5.85. The molecule has 8 heteroatoms. The van der Waals surface area contributed by atoms with Gasteiger partial charge in [0.05, 0.1) is 12.3 Å². The Morgan fingerprint density at radius 1 is 1.12 bits per heavy atom. The number of aromatic nitrogens is 3. The maximum atomic E-state index is 13.4. The molecule has 4 rings (SSSR count). The van der Waals surface area contributed by atoms with Gasteiger partial charge in [-0.25, -0.2) is 14.4 Å². The monoisotopic (exact) mass is 464 g/mol. The first-order valence-corrected chi connectivity index (χ1v) is 11.8.